The average molecular weight is 377 g/mol. The molecule has 6 heteroatoms. The first-order valence-corrected chi connectivity index (χ1v) is 8.25. The Morgan fingerprint density at radius 2 is 2.00 bits per heavy atom. The number of nitrogens with zero attached hydrogens (tertiary/aromatic N) is 2. The van der Waals surface area contributed by atoms with Crippen molar-refractivity contribution in [2.24, 2.45) is 0 Å². The van der Waals surface area contributed by atoms with Crippen LogP contribution in [0.2, 0.25) is 0 Å². The molecule has 0 radical (unpaired) electrons. The lowest BCUT2D eigenvalue weighted by Crippen LogP contribution is -2.27. The summed E-state index contributed by atoms with van der Waals surface area (Å²) in [4.78, 5) is 18.4. The van der Waals surface area contributed by atoms with Crippen LogP contribution in [0.3, 0.4) is 0 Å². The summed E-state index contributed by atoms with van der Waals surface area (Å²) in [7, 11) is 4.03. The number of hydrogen-bond donors (Lipinski definition) is 2. The van der Waals surface area contributed by atoms with Gasteiger partial charge in [-0.15, -0.1) is 0 Å². The van der Waals surface area contributed by atoms with Crippen molar-refractivity contribution in [2.75, 3.05) is 32.5 Å². The average Bonchev–Trinajstić information content (AvgIpc) is 2.51. The van der Waals surface area contributed by atoms with Gasteiger partial charge in [0.1, 0.15) is 5.69 Å². The zero-order valence-corrected chi connectivity index (χ0v) is 14.9. The summed E-state index contributed by atoms with van der Waals surface area (Å²) in [6, 6.07) is 11.4. The lowest BCUT2D eigenvalue weighted by molar-refractivity contribution is 0.0947. The highest BCUT2D eigenvalue weighted by Crippen LogP contribution is 2.20. The van der Waals surface area contributed by atoms with Crippen molar-refractivity contribution in [3.8, 4) is 0 Å². The van der Waals surface area contributed by atoms with Gasteiger partial charge >= 0.3 is 0 Å². The van der Waals surface area contributed by atoms with Crippen molar-refractivity contribution in [1.29, 1.82) is 0 Å². The summed E-state index contributed by atoms with van der Waals surface area (Å²) in [5.41, 5.74) is 2.19. The molecule has 0 atom stereocenters. The molecule has 0 aliphatic heterocycles. The van der Waals surface area contributed by atoms with Crippen LogP contribution in [0.15, 0.2) is 47.1 Å². The van der Waals surface area contributed by atoms with Crippen LogP contribution in [0.25, 0.3) is 0 Å². The predicted molar refractivity (Wildman–Crippen MR) is 97.2 cm³/mol. The third kappa shape index (κ3) is 6.00. The summed E-state index contributed by atoms with van der Waals surface area (Å²) in [5, 5.41) is 6.16. The van der Waals surface area contributed by atoms with Crippen molar-refractivity contribution >= 4 is 33.2 Å². The largest absolute Gasteiger partial charge is 0.355 e. The number of amides is 1. The molecule has 1 heterocycles. The molecule has 0 saturated carbocycles. The zero-order chi connectivity index (χ0) is 16.7. The molecule has 1 aromatic carbocycles. The van der Waals surface area contributed by atoms with Gasteiger partial charge in [0, 0.05) is 28.6 Å². The smallest absolute Gasteiger partial charge is 0.269 e. The minimum absolute atomic E-state index is 0.151. The van der Waals surface area contributed by atoms with E-state index in [0.29, 0.717) is 12.2 Å². The van der Waals surface area contributed by atoms with E-state index in [0.717, 1.165) is 28.8 Å². The van der Waals surface area contributed by atoms with Crippen LogP contribution in [0.5, 0.6) is 0 Å². The van der Waals surface area contributed by atoms with E-state index in [2.05, 4.69) is 36.4 Å². The fourth-order valence-electron chi connectivity index (χ4n) is 2.05. The zero-order valence-electron chi connectivity index (χ0n) is 13.3. The van der Waals surface area contributed by atoms with Crippen molar-refractivity contribution in [3.05, 3.63) is 52.8 Å². The van der Waals surface area contributed by atoms with E-state index in [-0.39, 0.29) is 5.91 Å². The first-order valence-electron chi connectivity index (χ1n) is 7.46. The summed E-state index contributed by atoms with van der Waals surface area (Å²) in [5.74, 6) is -0.151. The fraction of sp³-hybridized carbons (Fsp3) is 0.294. The van der Waals surface area contributed by atoms with E-state index in [9.17, 15) is 4.79 Å². The minimum Gasteiger partial charge on any atom is -0.355 e. The Bertz CT molecular complexity index is 661. The Balaban J connectivity index is 1.95. The topological polar surface area (TPSA) is 57.3 Å². The van der Waals surface area contributed by atoms with Crippen LogP contribution >= 0.6 is 15.9 Å². The van der Waals surface area contributed by atoms with Crippen molar-refractivity contribution < 1.29 is 4.79 Å². The van der Waals surface area contributed by atoms with Crippen molar-refractivity contribution in [1.82, 2.24) is 15.2 Å². The molecule has 0 unspecified atom stereocenters. The van der Waals surface area contributed by atoms with Gasteiger partial charge < -0.3 is 15.5 Å². The number of nitrogens with one attached hydrogen (secondary N) is 2. The molecule has 2 aromatic rings. The number of rotatable bonds is 7. The summed E-state index contributed by atoms with van der Waals surface area (Å²) in [6.45, 7) is 1.58. The summed E-state index contributed by atoms with van der Waals surface area (Å²) in [6.07, 6.45) is 2.55. The monoisotopic (exact) mass is 376 g/mol. The van der Waals surface area contributed by atoms with Gasteiger partial charge in [-0.1, -0.05) is 22.0 Å². The molecule has 0 bridgehead atoms. The lowest BCUT2D eigenvalue weighted by atomic mass is 10.2. The molecule has 122 valence electrons. The molecular formula is C17H21BrN4O. The van der Waals surface area contributed by atoms with E-state index in [1.807, 2.05) is 44.4 Å². The van der Waals surface area contributed by atoms with Gasteiger partial charge in [-0.2, -0.15) is 0 Å². The second-order valence-electron chi connectivity index (χ2n) is 5.48. The van der Waals surface area contributed by atoms with E-state index in [1.54, 1.807) is 12.3 Å². The molecule has 0 aliphatic rings. The van der Waals surface area contributed by atoms with Gasteiger partial charge in [-0.3, -0.25) is 9.78 Å². The van der Waals surface area contributed by atoms with Gasteiger partial charge in [-0.05, 0) is 57.4 Å². The molecule has 5 nitrogen and oxygen atoms in total. The van der Waals surface area contributed by atoms with E-state index >= 15 is 0 Å². The quantitative estimate of drug-likeness (QED) is 0.728. The maximum atomic E-state index is 12.1. The predicted octanol–water partition coefficient (Wildman–Crippen LogP) is 3.27. The number of hydrogen-bond acceptors (Lipinski definition) is 4. The number of halogens is 1. The Hall–Kier alpha value is -1.92. The highest BCUT2D eigenvalue weighted by atomic mass is 79.9. The third-order valence-electron chi connectivity index (χ3n) is 3.17. The fourth-order valence-corrected chi connectivity index (χ4v) is 2.45. The summed E-state index contributed by atoms with van der Waals surface area (Å²) < 4.78 is 0.996. The molecule has 0 spiro atoms. The highest BCUT2D eigenvalue weighted by Gasteiger charge is 2.07. The standard InChI is InChI=1S/C17H21BrN4O/c1-22(2)10-4-8-20-17(23)16-12-15(7-9-19-16)21-14-6-3-5-13(18)11-14/h3,5-7,9,11-12H,4,8,10H2,1-2H3,(H,19,21)(H,20,23). The van der Waals surface area contributed by atoms with Crippen LogP contribution in [0.4, 0.5) is 11.4 Å². The number of carbonyl (C=O) groups excluding carboxylic acids is 1. The first kappa shape index (κ1) is 17.4. The molecule has 0 aliphatic carbocycles. The number of carbonyl (C=O) groups is 1. The Kier molecular flexibility index (Phi) is 6.55. The Morgan fingerprint density at radius 1 is 1.22 bits per heavy atom. The molecule has 1 aromatic heterocycles. The number of anilines is 2. The Labute approximate surface area is 145 Å². The van der Waals surface area contributed by atoms with Crippen LogP contribution in [-0.2, 0) is 0 Å². The van der Waals surface area contributed by atoms with Crippen LogP contribution < -0.4 is 10.6 Å². The normalized spacial score (nSPS) is 10.6. The van der Waals surface area contributed by atoms with Crippen molar-refractivity contribution in [2.45, 2.75) is 6.42 Å². The summed E-state index contributed by atoms with van der Waals surface area (Å²) >= 11 is 3.44. The van der Waals surface area contributed by atoms with Crippen LogP contribution in [0.1, 0.15) is 16.9 Å². The SMILES string of the molecule is CN(C)CCCNC(=O)c1cc(Nc2cccc(Br)c2)ccn1. The highest BCUT2D eigenvalue weighted by molar-refractivity contribution is 9.10. The van der Waals surface area contributed by atoms with Gasteiger partial charge in [0.25, 0.3) is 5.91 Å². The van der Waals surface area contributed by atoms with Crippen LogP contribution in [-0.4, -0.2) is 43.0 Å². The number of aromatic nitrogens is 1. The van der Waals surface area contributed by atoms with Crippen molar-refractivity contribution in [3.63, 3.8) is 0 Å². The Morgan fingerprint density at radius 3 is 2.74 bits per heavy atom. The third-order valence-corrected chi connectivity index (χ3v) is 3.67. The molecule has 0 fully saturated rings. The molecule has 23 heavy (non-hydrogen) atoms. The second kappa shape index (κ2) is 8.64. The maximum absolute atomic E-state index is 12.1. The van der Waals surface area contributed by atoms with E-state index in [4.69, 9.17) is 0 Å². The molecule has 2 N–H and O–H groups in total. The molecular weight excluding hydrogens is 356 g/mol. The minimum atomic E-state index is -0.151. The van der Waals surface area contributed by atoms with E-state index < -0.39 is 0 Å². The maximum Gasteiger partial charge on any atom is 0.269 e. The second-order valence-corrected chi connectivity index (χ2v) is 6.39. The first-order chi connectivity index (χ1) is 11.0. The van der Waals surface area contributed by atoms with Gasteiger partial charge in [0.2, 0.25) is 0 Å². The van der Waals surface area contributed by atoms with Gasteiger partial charge in [-0.25, -0.2) is 0 Å². The molecule has 1 amide bonds. The van der Waals surface area contributed by atoms with Gasteiger partial charge in [0.05, 0.1) is 0 Å². The van der Waals surface area contributed by atoms with Gasteiger partial charge in [0.15, 0.2) is 0 Å². The van der Waals surface area contributed by atoms with E-state index in [1.165, 1.54) is 0 Å². The molecule has 0 saturated heterocycles. The lowest BCUT2D eigenvalue weighted by Gasteiger charge is -2.10. The van der Waals surface area contributed by atoms with Crippen LogP contribution in [0, 0.1) is 0 Å². The number of benzene rings is 1. The molecule has 2 rings (SSSR count). The number of pyridine rings is 1.